The molecule has 0 aliphatic heterocycles. The molecule has 10 heteroatoms. The molecule has 284 valence electrons. The van der Waals surface area contributed by atoms with Gasteiger partial charge in [0.1, 0.15) is 37.2 Å². The van der Waals surface area contributed by atoms with Gasteiger partial charge < -0.3 is 9.67 Å². The van der Waals surface area contributed by atoms with Crippen LogP contribution in [-0.4, -0.2) is 66.7 Å². The first-order valence-corrected chi connectivity index (χ1v) is 20.9. The third-order valence-corrected chi connectivity index (χ3v) is 12.9. The van der Waals surface area contributed by atoms with Gasteiger partial charge in [0.15, 0.2) is 5.82 Å². The molecule has 5 atom stereocenters. The second kappa shape index (κ2) is 15.0. The van der Waals surface area contributed by atoms with E-state index < -0.39 is 12.0 Å². The molecule has 0 bridgehead atoms. The molecule has 3 aromatic heterocycles. The van der Waals surface area contributed by atoms with E-state index in [2.05, 4.69) is 161 Å². The summed E-state index contributed by atoms with van der Waals surface area (Å²) in [6.07, 6.45) is 22.7. The number of aliphatic hydroxyl groups is 1. The number of aliphatic hydroxyl groups excluding tert-OH is 1. The van der Waals surface area contributed by atoms with Crippen LogP contribution in [-0.2, 0) is 0 Å². The molecule has 7 aromatic rings. The predicted molar refractivity (Wildman–Crippen MR) is 252 cm³/mol. The highest BCUT2D eigenvalue weighted by Crippen LogP contribution is 2.44. The summed E-state index contributed by atoms with van der Waals surface area (Å²) >= 11 is 0. The van der Waals surface area contributed by atoms with Crippen molar-refractivity contribution in [2.45, 2.75) is 37.2 Å². The van der Waals surface area contributed by atoms with Crippen molar-refractivity contribution in [1.82, 2.24) is 24.1 Å². The summed E-state index contributed by atoms with van der Waals surface area (Å²) in [4.78, 5) is 16.0. The minimum Gasteiger partial charge on any atom is -0.389 e. The molecule has 8 radical (unpaired) electrons. The van der Waals surface area contributed by atoms with Crippen LogP contribution in [0.2, 0.25) is 0 Å². The normalized spacial score (nSPS) is 22.9. The van der Waals surface area contributed by atoms with Crippen LogP contribution in [0.25, 0.3) is 60.8 Å². The number of benzene rings is 4. The third kappa shape index (κ3) is 6.14. The molecule has 4 aliphatic carbocycles. The van der Waals surface area contributed by atoms with Crippen LogP contribution < -0.4 is 0 Å². The van der Waals surface area contributed by atoms with Crippen molar-refractivity contribution in [2.75, 3.05) is 0 Å². The molecule has 0 fully saturated rings. The van der Waals surface area contributed by atoms with E-state index in [1.165, 1.54) is 5.56 Å². The zero-order valence-corrected chi connectivity index (χ0v) is 33.4. The Balaban J connectivity index is 1.16. The van der Waals surface area contributed by atoms with Gasteiger partial charge in [-0.05, 0) is 54.5 Å². The average Bonchev–Trinajstić information content (AvgIpc) is 3.84. The maximum absolute atomic E-state index is 11.5. The molecule has 4 aromatic carbocycles. The number of rotatable bonds is 6. The van der Waals surface area contributed by atoms with Gasteiger partial charge in [0, 0.05) is 45.0 Å². The van der Waals surface area contributed by atoms with E-state index in [-0.39, 0.29) is 34.2 Å². The maximum Gasteiger partial charge on any atom is 0.238 e. The minimum atomic E-state index is -1.08. The lowest BCUT2D eigenvalue weighted by atomic mass is 9.54. The Morgan fingerprint density at radius 3 is 2.02 bits per heavy atom. The fraction of sp³-hybridized carbons (Fsp3) is 0.157. The highest BCUT2D eigenvalue weighted by Gasteiger charge is 2.34. The molecule has 61 heavy (non-hydrogen) atoms. The second-order valence-corrected chi connectivity index (χ2v) is 16.4. The summed E-state index contributed by atoms with van der Waals surface area (Å²) in [7, 11) is 25.5. The molecule has 4 aliphatic rings. The number of hydrogen-bond donors (Lipinski definition) is 1. The molecular formula is C51H37B4N5O. The number of allylic oxidation sites excluding steroid dienone is 14. The number of para-hydroxylation sites is 2. The Kier molecular flexibility index (Phi) is 9.23. The first-order chi connectivity index (χ1) is 29.9. The fourth-order valence-electron chi connectivity index (χ4n) is 9.88. The summed E-state index contributed by atoms with van der Waals surface area (Å²) in [6, 6.07) is 32.0. The van der Waals surface area contributed by atoms with Crippen LogP contribution in [0.4, 0.5) is 0 Å². The van der Waals surface area contributed by atoms with Crippen LogP contribution in [0.1, 0.15) is 48.3 Å². The molecule has 0 saturated heterocycles. The van der Waals surface area contributed by atoms with Crippen molar-refractivity contribution in [3.05, 3.63) is 191 Å². The zero-order valence-electron chi connectivity index (χ0n) is 33.4. The zero-order chi connectivity index (χ0) is 41.4. The quantitative estimate of drug-likeness (QED) is 0.171. The van der Waals surface area contributed by atoms with Crippen molar-refractivity contribution in [1.29, 1.82) is 0 Å². The van der Waals surface area contributed by atoms with Gasteiger partial charge in [-0.15, -0.1) is 16.4 Å². The minimum absolute atomic E-state index is 0.00549. The van der Waals surface area contributed by atoms with Gasteiger partial charge in [0.25, 0.3) is 0 Å². The molecule has 11 rings (SSSR count). The molecule has 3 heterocycles. The summed E-state index contributed by atoms with van der Waals surface area (Å²) in [6.45, 7) is 0. The Morgan fingerprint density at radius 1 is 0.607 bits per heavy atom. The summed E-state index contributed by atoms with van der Waals surface area (Å²) in [5, 5.41) is 15.8. The molecule has 6 nitrogen and oxygen atoms in total. The topological polar surface area (TPSA) is 68.8 Å². The maximum atomic E-state index is 11.5. The van der Waals surface area contributed by atoms with Crippen LogP contribution >= 0.6 is 0 Å². The first kappa shape index (κ1) is 37.6. The van der Waals surface area contributed by atoms with E-state index in [4.69, 9.17) is 46.3 Å². The molecule has 0 amide bonds. The Morgan fingerprint density at radius 2 is 1.28 bits per heavy atom. The van der Waals surface area contributed by atoms with Crippen LogP contribution in [0.5, 0.6) is 0 Å². The van der Waals surface area contributed by atoms with Crippen LogP contribution in [0.3, 0.4) is 0 Å². The second-order valence-electron chi connectivity index (χ2n) is 16.4. The van der Waals surface area contributed by atoms with Gasteiger partial charge in [0.05, 0.1) is 28.2 Å². The van der Waals surface area contributed by atoms with E-state index in [9.17, 15) is 5.11 Å². The number of aromatic nitrogens is 5. The lowest BCUT2D eigenvalue weighted by molar-refractivity contribution is 0.144. The monoisotopic (exact) mass is 779 g/mol. The average molecular weight is 779 g/mol. The molecule has 1 N–H and O–H groups in total. The van der Waals surface area contributed by atoms with E-state index >= 15 is 0 Å². The van der Waals surface area contributed by atoms with Crippen molar-refractivity contribution < 1.29 is 5.11 Å². The van der Waals surface area contributed by atoms with Crippen molar-refractivity contribution in [2.24, 2.45) is 11.8 Å². The van der Waals surface area contributed by atoms with Gasteiger partial charge in [0.2, 0.25) is 5.95 Å². The molecule has 0 saturated carbocycles. The Labute approximate surface area is 359 Å². The van der Waals surface area contributed by atoms with Gasteiger partial charge in [-0.1, -0.05) is 139 Å². The van der Waals surface area contributed by atoms with Crippen LogP contribution in [0.15, 0.2) is 174 Å². The van der Waals surface area contributed by atoms with Gasteiger partial charge >= 0.3 is 0 Å². The number of hydrogen-bond acceptors (Lipinski definition) is 4. The highest BCUT2D eigenvalue weighted by molar-refractivity contribution is 6.45. The van der Waals surface area contributed by atoms with E-state index in [0.29, 0.717) is 23.7 Å². The largest absolute Gasteiger partial charge is 0.389 e. The van der Waals surface area contributed by atoms with Crippen LogP contribution in [0, 0.1) is 11.8 Å². The van der Waals surface area contributed by atoms with Gasteiger partial charge in [-0.2, -0.15) is 9.97 Å². The van der Waals surface area contributed by atoms with Crippen molar-refractivity contribution >= 4 is 86.3 Å². The molecule has 5 unspecified atom stereocenters. The fourth-order valence-corrected chi connectivity index (χ4v) is 9.88. The smallest absolute Gasteiger partial charge is 0.238 e. The van der Waals surface area contributed by atoms with Gasteiger partial charge in [-0.3, -0.25) is 4.57 Å². The summed E-state index contributed by atoms with van der Waals surface area (Å²) in [5.74, 6) is 1.40. The van der Waals surface area contributed by atoms with Gasteiger partial charge in [-0.25, -0.2) is 4.98 Å². The Bertz CT molecular complexity index is 3220. The molecule has 0 spiro atoms. The Hall–Kier alpha value is -6.37. The standard InChI is InChI=1S/C51H37B4N5O/c52-42-41(48(61)45(55)44(54)43(42)53)32-18-12-20-34(28-32)59-39-23-9-7-21-35(39)37-25-26-38-36-22-8-10-24-40(36)60(47(38)46(37)59)51-57-49(30-15-5-2-6-16-30)56-50(58-51)33-19-11-17-31(27-33)29-13-3-1-4-14-29/h1-15,17,19-26,28,30-32,41,48,61H,16,18,27H2. The summed E-state index contributed by atoms with van der Waals surface area (Å²) in [5.41, 5.74) is 8.15. The van der Waals surface area contributed by atoms with E-state index in [0.717, 1.165) is 73.5 Å². The van der Waals surface area contributed by atoms with Crippen molar-refractivity contribution in [3.63, 3.8) is 0 Å². The third-order valence-electron chi connectivity index (χ3n) is 12.9. The predicted octanol–water partition coefficient (Wildman–Crippen LogP) is 9.31. The molecular weight excluding hydrogens is 742 g/mol. The summed E-state index contributed by atoms with van der Waals surface area (Å²) < 4.78 is 4.56. The lowest BCUT2D eigenvalue weighted by Crippen LogP contribution is -2.36. The SMILES string of the molecule is [B]C1=C([B])C(O)C(C2C=C(n3c4ccccc4c4ccc5c6ccccc6n(-c6nc(C7=CC=CC(c8ccccc8)C7)nc(C7C=CC=CC7)n6)c5c43)C=CC2)C([B])=C1[B]. The first-order valence-electron chi connectivity index (χ1n) is 20.9. The number of fused-ring (bicyclic) bond motifs is 7. The van der Waals surface area contributed by atoms with E-state index in [1.54, 1.807) is 0 Å². The number of nitrogens with zero attached hydrogens (tertiary/aromatic N) is 5. The lowest BCUT2D eigenvalue weighted by Gasteiger charge is -2.38. The highest BCUT2D eigenvalue weighted by atomic mass is 16.3. The van der Waals surface area contributed by atoms with E-state index in [1.807, 2.05) is 0 Å². The van der Waals surface area contributed by atoms with Crippen molar-refractivity contribution in [3.8, 4) is 5.95 Å².